The second-order valence-corrected chi connectivity index (χ2v) is 5.09. The predicted molar refractivity (Wildman–Crippen MR) is 70.7 cm³/mol. The Bertz CT molecular complexity index is 683. The molecule has 1 aliphatic rings. The Morgan fingerprint density at radius 1 is 1.05 bits per heavy atom. The van der Waals surface area contributed by atoms with Gasteiger partial charge in [0.15, 0.2) is 5.92 Å². The van der Waals surface area contributed by atoms with Gasteiger partial charge in [0.1, 0.15) is 0 Å². The number of nitrogens with zero attached hydrogens (tertiary/aromatic N) is 1. The highest BCUT2D eigenvalue weighted by Crippen LogP contribution is 2.32. The third-order valence-corrected chi connectivity index (χ3v) is 3.14. The normalized spacial score (nSPS) is 18.7. The lowest BCUT2D eigenvalue weighted by atomic mass is 9.98. The van der Waals surface area contributed by atoms with Gasteiger partial charge < -0.3 is 9.47 Å². The molecule has 0 atom stereocenters. The fourth-order valence-electron chi connectivity index (χ4n) is 2.32. The second kappa shape index (κ2) is 4.30. The molecule has 5 nitrogen and oxygen atoms in total. The molecule has 1 aromatic carbocycles. The maximum atomic E-state index is 12.1. The molecule has 1 aliphatic heterocycles. The van der Waals surface area contributed by atoms with Crippen molar-refractivity contribution in [2.45, 2.75) is 25.6 Å². The SMILES string of the molecule is CC1(C)OC(=O)C(c2nccc3ccccc23)C(=O)O1. The lowest BCUT2D eigenvalue weighted by Crippen LogP contribution is -2.45. The van der Waals surface area contributed by atoms with Crippen LogP contribution in [0.25, 0.3) is 10.8 Å². The van der Waals surface area contributed by atoms with Crippen LogP contribution in [0.1, 0.15) is 25.5 Å². The van der Waals surface area contributed by atoms with Crippen LogP contribution in [0, 0.1) is 0 Å². The molecule has 1 saturated heterocycles. The Morgan fingerprint density at radius 2 is 1.70 bits per heavy atom. The molecule has 0 bridgehead atoms. The van der Waals surface area contributed by atoms with Gasteiger partial charge in [0.05, 0.1) is 5.69 Å². The monoisotopic (exact) mass is 271 g/mol. The highest BCUT2D eigenvalue weighted by atomic mass is 16.7. The summed E-state index contributed by atoms with van der Waals surface area (Å²) in [4.78, 5) is 28.4. The molecule has 0 saturated carbocycles. The van der Waals surface area contributed by atoms with Crippen LogP contribution in [0.5, 0.6) is 0 Å². The van der Waals surface area contributed by atoms with Gasteiger partial charge in [0, 0.05) is 25.4 Å². The largest absolute Gasteiger partial charge is 0.422 e. The molecule has 5 heteroatoms. The summed E-state index contributed by atoms with van der Waals surface area (Å²) in [6, 6.07) is 9.24. The summed E-state index contributed by atoms with van der Waals surface area (Å²) < 4.78 is 10.3. The quantitative estimate of drug-likeness (QED) is 0.587. The van der Waals surface area contributed by atoms with Crippen molar-refractivity contribution in [3.63, 3.8) is 0 Å². The van der Waals surface area contributed by atoms with E-state index in [0.29, 0.717) is 5.69 Å². The number of aromatic nitrogens is 1. The first-order valence-electron chi connectivity index (χ1n) is 6.27. The van der Waals surface area contributed by atoms with Gasteiger partial charge in [-0.1, -0.05) is 24.3 Å². The molecule has 102 valence electrons. The number of hydrogen-bond donors (Lipinski definition) is 0. The lowest BCUT2D eigenvalue weighted by Gasteiger charge is -2.32. The first-order valence-corrected chi connectivity index (χ1v) is 6.27. The molecular weight excluding hydrogens is 258 g/mol. The number of pyridine rings is 1. The number of cyclic esters (lactones) is 2. The maximum Gasteiger partial charge on any atom is 0.329 e. The van der Waals surface area contributed by atoms with Gasteiger partial charge in [0.25, 0.3) is 5.79 Å². The fourth-order valence-corrected chi connectivity index (χ4v) is 2.32. The van der Waals surface area contributed by atoms with Gasteiger partial charge in [-0.15, -0.1) is 0 Å². The van der Waals surface area contributed by atoms with Crippen molar-refractivity contribution in [1.29, 1.82) is 0 Å². The van der Waals surface area contributed by atoms with Crippen LogP contribution in [0.3, 0.4) is 0 Å². The third-order valence-electron chi connectivity index (χ3n) is 3.14. The number of benzene rings is 1. The number of carbonyl (C=O) groups is 2. The van der Waals surface area contributed by atoms with E-state index in [0.717, 1.165) is 10.8 Å². The van der Waals surface area contributed by atoms with Crippen LogP contribution in [0.15, 0.2) is 36.5 Å². The van der Waals surface area contributed by atoms with Gasteiger partial charge in [-0.3, -0.25) is 14.6 Å². The summed E-state index contributed by atoms with van der Waals surface area (Å²) in [5.74, 6) is -3.62. The topological polar surface area (TPSA) is 65.5 Å². The van der Waals surface area contributed by atoms with Crippen LogP contribution in [0.2, 0.25) is 0 Å². The van der Waals surface area contributed by atoms with Crippen molar-refractivity contribution in [3.8, 4) is 0 Å². The highest BCUT2D eigenvalue weighted by Gasteiger charge is 2.45. The second-order valence-electron chi connectivity index (χ2n) is 5.09. The first-order chi connectivity index (χ1) is 9.48. The minimum atomic E-state index is -1.23. The highest BCUT2D eigenvalue weighted by molar-refractivity contribution is 6.05. The minimum Gasteiger partial charge on any atom is -0.422 e. The first kappa shape index (κ1) is 12.6. The number of hydrogen-bond acceptors (Lipinski definition) is 5. The van der Waals surface area contributed by atoms with E-state index in [2.05, 4.69) is 4.98 Å². The molecule has 0 N–H and O–H groups in total. The Hall–Kier alpha value is -2.43. The molecular formula is C15H13NO4. The Kier molecular flexibility index (Phi) is 2.71. The van der Waals surface area contributed by atoms with E-state index < -0.39 is 23.6 Å². The molecule has 0 aliphatic carbocycles. The average molecular weight is 271 g/mol. The Morgan fingerprint density at radius 3 is 2.40 bits per heavy atom. The summed E-state index contributed by atoms with van der Waals surface area (Å²) in [6.45, 7) is 3.05. The molecule has 0 amide bonds. The van der Waals surface area contributed by atoms with Crippen molar-refractivity contribution in [2.75, 3.05) is 0 Å². The summed E-state index contributed by atoms with van der Waals surface area (Å²) in [6.07, 6.45) is 1.57. The number of rotatable bonds is 1. The molecule has 0 unspecified atom stereocenters. The van der Waals surface area contributed by atoms with Crippen LogP contribution in [0.4, 0.5) is 0 Å². The molecule has 3 rings (SSSR count). The van der Waals surface area contributed by atoms with Crippen molar-refractivity contribution in [1.82, 2.24) is 4.98 Å². The van der Waals surface area contributed by atoms with E-state index in [1.165, 1.54) is 13.8 Å². The molecule has 1 fully saturated rings. The maximum absolute atomic E-state index is 12.1. The van der Waals surface area contributed by atoms with Gasteiger partial charge in [-0.25, -0.2) is 0 Å². The van der Waals surface area contributed by atoms with Crippen molar-refractivity contribution < 1.29 is 19.1 Å². The van der Waals surface area contributed by atoms with Crippen LogP contribution in [-0.2, 0) is 19.1 Å². The van der Waals surface area contributed by atoms with Crippen LogP contribution < -0.4 is 0 Å². The zero-order valence-corrected chi connectivity index (χ0v) is 11.1. The predicted octanol–water partition coefficient (Wildman–Crippen LogP) is 2.15. The molecule has 0 spiro atoms. The smallest absolute Gasteiger partial charge is 0.329 e. The Balaban J connectivity index is 2.12. The number of fused-ring (bicyclic) bond motifs is 1. The summed E-state index contributed by atoms with van der Waals surface area (Å²) in [7, 11) is 0. The number of carbonyl (C=O) groups excluding carboxylic acids is 2. The molecule has 2 heterocycles. The molecule has 1 aromatic heterocycles. The minimum absolute atomic E-state index is 0.369. The number of ether oxygens (including phenoxy) is 2. The van der Waals surface area contributed by atoms with E-state index in [9.17, 15) is 9.59 Å². The van der Waals surface area contributed by atoms with E-state index in [1.54, 1.807) is 6.20 Å². The van der Waals surface area contributed by atoms with E-state index in [-0.39, 0.29) is 0 Å². The summed E-state index contributed by atoms with van der Waals surface area (Å²) in [5, 5.41) is 1.65. The molecule has 0 radical (unpaired) electrons. The summed E-state index contributed by atoms with van der Waals surface area (Å²) >= 11 is 0. The van der Waals surface area contributed by atoms with E-state index in [4.69, 9.17) is 9.47 Å². The van der Waals surface area contributed by atoms with Crippen molar-refractivity contribution in [2.24, 2.45) is 0 Å². The van der Waals surface area contributed by atoms with E-state index in [1.807, 2.05) is 30.3 Å². The van der Waals surface area contributed by atoms with Gasteiger partial charge in [-0.2, -0.15) is 0 Å². The van der Waals surface area contributed by atoms with Crippen LogP contribution >= 0.6 is 0 Å². The van der Waals surface area contributed by atoms with Crippen LogP contribution in [-0.4, -0.2) is 22.7 Å². The van der Waals surface area contributed by atoms with E-state index >= 15 is 0 Å². The summed E-state index contributed by atoms with van der Waals surface area (Å²) in [5.41, 5.74) is 0.369. The Labute approximate surface area is 115 Å². The zero-order chi connectivity index (χ0) is 14.3. The van der Waals surface area contributed by atoms with Crippen molar-refractivity contribution >= 4 is 22.7 Å². The molecule has 20 heavy (non-hydrogen) atoms. The standard InChI is InChI=1S/C15H13NO4/c1-15(2)19-13(17)11(14(18)20-15)12-10-6-4-3-5-9(10)7-8-16-12/h3-8,11H,1-2H3. The number of esters is 2. The third kappa shape index (κ3) is 2.01. The van der Waals surface area contributed by atoms with Crippen molar-refractivity contribution in [3.05, 3.63) is 42.2 Å². The molecule has 2 aromatic rings. The van der Waals surface area contributed by atoms with Gasteiger partial charge in [0.2, 0.25) is 0 Å². The van der Waals surface area contributed by atoms with Gasteiger partial charge in [-0.05, 0) is 11.5 Å². The average Bonchev–Trinajstić information content (AvgIpc) is 2.36. The van der Waals surface area contributed by atoms with Gasteiger partial charge >= 0.3 is 11.9 Å². The zero-order valence-electron chi connectivity index (χ0n) is 11.1. The lowest BCUT2D eigenvalue weighted by molar-refractivity contribution is -0.234. The fraction of sp³-hybridized carbons (Fsp3) is 0.267.